The molecular formula is C21H22F2N4O. The quantitative estimate of drug-likeness (QED) is 0.718. The van der Waals surface area contributed by atoms with Crippen LogP contribution in [0.3, 0.4) is 0 Å². The number of anilines is 1. The average molecular weight is 384 g/mol. The number of carbonyl (C=O) groups excluding carboxylic acids is 1. The Morgan fingerprint density at radius 2 is 1.71 bits per heavy atom. The molecule has 0 aliphatic carbocycles. The van der Waals surface area contributed by atoms with Crippen molar-refractivity contribution in [3.8, 4) is 0 Å². The third-order valence-corrected chi connectivity index (χ3v) is 5.23. The minimum atomic E-state index is -0.772. The van der Waals surface area contributed by atoms with Crippen molar-refractivity contribution >= 4 is 22.6 Å². The maximum Gasteiger partial charge on any atom is 0.322 e. The fraction of sp³-hybridized carbons (Fsp3) is 0.286. The number of para-hydroxylation sites is 2. The highest BCUT2D eigenvalue weighted by Crippen LogP contribution is 2.20. The number of fused-ring (bicyclic) bond motifs is 1. The number of benzene rings is 2. The van der Waals surface area contributed by atoms with Crippen LogP contribution in [0.4, 0.5) is 19.3 Å². The molecule has 3 aromatic rings. The first-order valence-corrected chi connectivity index (χ1v) is 9.39. The second kappa shape index (κ2) is 7.98. The molecule has 1 fully saturated rings. The van der Waals surface area contributed by atoms with Gasteiger partial charge in [-0.1, -0.05) is 24.3 Å². The van der Waals surface area contributed by atoms with E-state index in [2.05, 4.69) is 33.5 Å². The van der Waals surface area contributed by atoms with Crippen LogP contribution in [-0.4, -0.2) is 53.5 Å². The molecule has 1 aromatic heterocycles. The fourth-order valence-corrected chi connectivity index (χ4v) is 3.59. The molecular weight excluding hydrogens is 362 g/mol. The zero-order valence-electron chi connectivity index (χ0n) is 15.4. The smallest absolute Gasteiger partial charge is 0.322 e. The van der Waals surface area contributed by atoms with E-state index in [0.717, 1.165) is 43.7 Å². The van der Waals surface area contributed by atoms with E-state index in [1.165, 1.54) is 17.0 Å². The van der Waals surface area contributed by atoms with Gasteiger partial charge in [-0.05, 0) is 30.2 Å². The Balaban J connectivity index is 1.29. The number of aromatic amines is 1. The number of rotatable bonds is 4. The number of carbonyl (C=O) groups is 1. The normalized spacial score (nSPS) is 15.1. The number of hydrogen-bond donors (Lipinski definition) is 2. The maximum absolute atomic E-state index is 13.7. The van der Waals surface area contributed by atoms with Gasteiger partial charge in [0.1, 0.15) is 17.3 Å². The second-order valence-corrected chi connectivity index (χ2v) is 6.96. The van der Waals surface area contributed by atoms with Gasteiger partial charge in [-0.15, -0.1) is 0 Å². The Bertz CT molecular complexity index is 959. The lowest BCUT2D eigenvalue weighted by Crippen LogP contribution is -2.50. The molecule has 2 aromatic carbocycles. The number of halogens is 2. The predicted molar refractivity (Wildman–Crippen MR) is 105 cm³/mol. The van der Waals surface area contributed by atoms with Crippen LogP contribution in [0.2, 0.25) is 0 Å². The highest BCUT2D eigenvalue weighted by Gasteiger charge is 2.22. The Labute approximate surface area is 161 Å². The first-order valence-electron chi connectivity index (χ1n) is 9.39. The number of H-pyrrole nitrogens is 1. The number of urea groups is 1. The summed E-state index contributed by atoms with van der Waals surface area (Å²) in [6.45, 7) is 3.41. The second-order valence-electron chi connectivity index (χ2n) is 6.96. The molecule has 0 spiro atoms. The maximum atomic E-state index is 13.7. The lowest BCUT2D eigenvalue weighted by Gasteiger charge is -2.34. The van der Waals surface area contributed by atoms with Crippen LogP contribution in [0.5, 0.6) is 0 Å². The number of hydrogen-bond acceptors (Lipinski definition) is 2. The number of amides is 2. The molecule has 1 saturated heterocycles. The van der Waals surface area contributed by atoms with Gasteiger partial charge in [-0.25, -0.2) is 13.6 Å². The molecule has 1 aliphatic rings. The van der Waals surface area contributed by atoms with Gasteiger partial charge in [0.2, 0.25) is 0 Å². The summed E-state index contributed by atoms with van der Waals surface area (Å²) in [6, 6.07) is 11.3. The number of nitrogens with zero attached hydrogens (tertiary/aromatic N) is 2. The van der Waals surface area contributed by atoms with Crippen LogP contribution in [0.25, 0.3) is 10.9 Å². The van der Waals surface area contributed by atoms with Gasteiger partial charge in [0.15, 0.2) is 0 Å². The van der Waals surface area contributed by atoms with Gasteiger partial charge in [0, 0.05) is 49.8 Å². The highest BCUT2D eigenvalue weighted by atomic mass is 19.1. The van der Waals surface area contributed by atoms with Crippen molar-refractivity contribution in [3.63, 3.8) is 0 Å². The molecule has 5 nitrogen and oxygen atoms in total. The van der Waals surface area contributed by atoms with E-state index in [0.29, 0.717) is 13.1 Å². The summed E-state index contributed by atoms with van der Waals surface area (Å²) in [4.78, 5) is 19.5. The lowest BCUT2D eigenvalue weighted by molar-refractivity contribution is 0.148. The van der Waals surface area contributed by atoms with Gasteiger partial charge in [0.05, 0.1) is 0 Å². The van der Waals surface area contributed by atoms with Crippen molar-refractivity contribution in [1.82, 2.24) is 14.8 Å². The largest absolute Gasteiger partial charge is 0.361 e. The highest BCUT2D eigenvalue weighted by molar-refractivity contribution is 5.89. The SMILES string of the molecule is O=C(Nc1c(F)cccc1F)N1CCN(CCc2c[nH]c3ccccc23)CC1. The van der Waals surface area contributed by atoms with E-state index in [1.54, 1.807) is 4.90 Å². The Kier molecular flexibility index (Phi) is 5.25. The van der Waals surface area contributed by atoms with Crippen molar-refractivity contribution in [2.24, 2.45) is 0 Å². The van der Waals surface area contributed by atoms with Crippen molar-refractivity contribution < 1.29 is 13.6 Å². The van der Waals surface area contributed by atoms with E-state index >= 15 is 0 Å². The fourth-order valence-electron chi connectivity index (χ4n) is 3.59. The van der Waals surface area contributed by atoms with Gasteiger partial charge in [-0.3, -0.25) is 4.90 Å². The van der Waals surface area contributed by atoms with Crippen molar-refractivity contribution in [2.75, 3.05) is 38.0 Å². The minimum absolute atomic E-state index is 0.394. The molecule has 0 unspecified atom stereocenters. The molecule has 2 N–H and O–H groups in total. The number of piperazine rings is 1. The predicted octanol–water partition coefficient (Wildman–Crippen LogP) is 3.84. The first-order chi connectivity index (χ1) is 13.6. The van der Waals surface area contributed by atoms with E-state index < -0.39 is 23.4 Å². The van der Waals surface area contributed by atoms with Crippen molar-refractivity contribution in [3.05, 3.63) is 65.9 Å². The lowest BCUT2D eigenvalue weighted by atomic mass is 10.1. The molecule has 0 atom stereocenters. The Morgan fingerprint density at radius 3 is 2.46 bits per heavy atom. The standard InChI is InChI=1S/C21H22F2N4O/c22-17-5-3-6-18(23)20(17)25-21(28)27-12-10-26(11-13-27)9-8-15-14-24-19-7-2-1-4-16(15)19/h1-7,14,24H,8-13H2,(H,25,28). The van der Waals surface area contributed by atoms with Gasteiger partial charge in [-0.2, -0.15) is 0 Å². The van der Waals surface area contributed by atoms with Crippen LogP contribution in [0.1, 0.15) is 5.56 Å². The summed E-state index contributed by atoms with van der Waals surface area (Å²) in [7, 11) is 0. The third-order valence-electron chi connectivity index (χ3n) is 5.23. The van der Waals surface area contributed by atoms with E-state index in [4.69, 9.17) is 0 Å². The number of aromatic nitrogens is 1. The Morgan fingerprint density at radius 1 is 1.00 bits per heavy atom. The van der Waals surface area contributed by atoms with Crippen LogP contribution >= 0.6 is 0 Å². The molecule has 4 rings (SSSR count). The van der Waals surface area contributed by atoms with E-state index in [9.17, 15) is 13.6 Å². The molecule has 2 amide bonds. The average Bonchev–Trinajstić information content (AvgIpc) is 3.13. The zero-order chi connectivity index (χ0) is 19.5. The van der Waals surface area contributed by atoms with Crippen LogP contribution < -0.4 is 5.32 Å². The van der Waals surface area contributed by atoms with E-state index in [-0.39, 0.29) is 0 Å². The minimum Gasteiger partial charge on any atom is -0.361 e. The molecule has 0 bridgehead atoms. The van der Waals surface area contributed by atoms with Gasteiger partial charge < -0.3 is 15.2 Å². The molecule has 2 heterocycles. The number of nitrogens with one attached hydrogen (secondary N) is 2. The summed E-state index contributed by atoms with van der Waals surface area (Å²) < 4.78 is 27.4. The van der Waals surface area contributed by atoms with Gasteiger partial charge >= 0.3 is 6.03 Å². The molecule has 7 heteroatoms. The van der Waals surface area contributed by atoms with Crippen molar-refractivity contribution in [2.45, 2.75) is 6.42 Å². The summed E-state index contributed by atoms with van der Waals surface area (Å²) in [5, 5.41) is 3.59. The third kappa shape index (κ3) is 3.84. The summed E-state index contributed by atoms with van der Waals surface area (Å²) in [5.74, 6) is -1.54. The molecule has 146 valence electrons. The summed E-state index contributed by atoms with van der Waals surface area (Å²) in [5.41, 5.74) is 2.03. The topological polar surface area (TPSA) is 51.4 Å². The zero-order valence-corrected chi connectivity index (χ0v) is 15.4. The Hall–Kier alpha value is -2.93. The van der Waals surface area contributed by atoms with Crippen LogP contribution in [-0.2, 0) is 6.42 Å². The van der Waals surface area contributed by atoms with Gasteiger partial charge in [0.25, 0.3) is 0 Å². The van der Waals surface area contributed by atoms with Crippen molar-refractivity contribution in [1.29, 1.82) is 0 Å². The van der Waals surface area contributed by atoms with E-state index in [1.807, 2.05) is 12.1 Å². The summed E-state index contributed by atoms with van der Waals surface area (Å²) in [6.07, 6.45) is 2.98. The molecule has 28 heavy (non-hydrogen) atoms. The first kappa shape index (κ1) is 18.4. The monoisotopic (exact) mass is 384 g/mol. The molecule has 0 saturated carbocycles. The molecule has 0 radical (unpaired) electrons. The summed E-state index contributed by atoms with van der Waals surface area (Å²) >= 11 is 0. The van der Waals surface area contributed by atoms with Crippen LogP contribution in [0, 0.1) is 11.6 Å². The van der Waals surface area contributed by atoms with Crippen LogP contribution in [0.15, 0.2) is 48.7 Å². The molecule has 1 aliphatic heterocycles.